The van der Waals surface area contributed by atoms with Crippen molar-refractivity contribution in [2.24, 2.45) is 0 Å². The molecule has 0 saturated heterocycles. The average molecular weight is 132 g/mol. The molecule has 0 aliphatic rings. The maximum Gasteiger partial charge on any atom is 0.0315 e. The van der Waals surface area contributed by atoms with Crippen LogP contribution in [0.2, 0.25) is 19.1 Å². The van der Waals surface area contributed by atoms with Gasteiger partial charge < -0.3 is 0 Å². The van der Waals surface area contributed by atoms with Gasteiger partial charge in [0, 0.05) is 15.2 Å². The van der Waals surface area contributed by atoms with Crippen molar-refractivity contribution in [3.8, 4) is 12.3 Å². The highest BCUT2D eigenvalue weighted by Gasteiger charge is 1.89. The van der Waals surface area contributed by atoms with E-state index in [0.717, 1.165) is 6.42 Å². The fourth-order valence-electron chi connectivity index (χ4n) is 0.372. The summed E-state index contributed by atoms with van der Waals surface area (Å²) in [5.41, 5.74) is 0. The fraction of sp³-hybridized carbons (Fsp3) is 0.667. The lowest BCUT2D eigenvalue weighted by atomic mass is 10.5. The molecule has 0 heterocycles. The molecule has 0 amide bonds. The molecule has 0 aliphatic heterocycles. The van der Waals surface area contributed by atoms with E-state index < -0.39 is 0 Å². The zero-order valence-electron chi connectivity index (χ0n) is 5.48. The molecule has 0 fully saturated rings. The van der Waals surface area contributed by atoms with Gasteiger partial charge in [0.2, 0.25) is 0 Å². The van der Waals surface area contributed by atoms with Gasteiger partial charge in [-0.15, -0.1) is 12.3 Å². The summed E-state index contributed by atoms with van der Waals surface area (Å²) >= 11 is 0. The molecular formula is C6H13FSi. The highest BCUT2D eigenvalue weighted by Crippen LogP contribution is 1.93. The van der Waals surface area contributed by atoms with Gasteiger partial charge in [0.05, 0.1) is 0 Å². The number of rotatable bonds is 2. The molecule has 0 saturated carbocycles. The predicted octanol–water partition coefficient (Wildman–Crippen LogP) is 1.65. The lowest BCUT2D eigenvalue weighted by Crippen LogP contribution is -1.96. The van der Waals surface area contributed by atoms with E-state index in [0.29, 0.717) is 0 Å². The summed E-state index contributed by atoms with van der Waals surface area (Å²) in [6, 6.07) is 1.30. The summed E-state index contributed by atoms with van der Waals surface area (Å²) in [6.45, 7) is 4.63. The third kappa shape index (κ3) is 9.20. The van der Waals surface area contributed by atoms with E-state index >= 15 is 0 Å². The Morgan fingerprint density at radius 1 is 1.50 bits per heavy atom. The minimum atomic E-state index is -0.331. The van der Waals surface area contributed by atoms with E-state index in [4.69, 9.17) is 6.42 Å². The minimum absolute atomic E-state index is 0. The Morgan fingerprint density at radius 3 is 2.12 bits per heavy atom. The Balaban J connectivity index is 0. The topological polar surface area (TPSA) is 0 Å². The molecule has 0 aromatic rings. The molecular weight excluding hydrogens is 119 g/mol. The first-order valence-corrected chi connectivity index (χ1v) is 5.83. The van der Waals surface area contributed by atoms with Crippen LogP contribution in [0.3, 0.4) is 0 Å². The second-order valence-electron chi connectivity index (χ2n) is 2.14. The zero-order valence-corrected chi connectivity index (χ0v) is 6.63. The molecule has 0 aromatic carbocycles. The molecule has 0 nitrogen and oxygen atoms in total. The first-order chi connectivity index (χ1) is 3.27. The summed E-state index contributed by atoms with van der Waals surface area (Å²) in [5.74, 6) is 2.63. The average Bonchev–Trinajstić information content (AvgIpc) is 1.61. The van der Waals surface area contributed by atoms with Crippen molar-refractivity contribution in [1.82, 2.24) is 0 Å². The number of halogens is 1. The molecule has 0 N–H and O–H groups in total. The van der Waals surface area contributed by atoms with Crippen molar-refractivity contribution in [2.75, 3.05) is 0 Å². The number of terminal acetylenes is 1. The molecule has 0 spiro atoms. The van der Waals surface area contributed by atoms with Crippen LogP contribution in [0.25, 0.3) is 0 Å². The van der Waals surface area contributed by atoms with Crippen molar-refractivity contribution in [1.29, 1.82) is 0 Å². The summed E-state index contributed by atoms with van der Waals surface area (Å²) < 4.78 is 0. The Bertz CT molecular complexity index is 73.1. The summed E-state index contributed by atoms with van der Waals surface area (Å²) in [4.78, 5) is 0. The van der Waals surface area contributed by atoms with Gasteiger partial charge in [-0.1, -0.05) is 13.1 Å². The Kier molecular flexibility index (Phi) is 8.92. The fourth-order valence-corrected chi connectivity index (χ4v) is 1.12. The molecule has 0 atom stereocenters. The number of hydrogen-bond donors (Lipinski definition) is 0. The van der Waals surface area contributed by atoms with Crippen LogP contribution in [0.1, 0.15) is 6.42 Å². The van der Waals surface area contributed by atoms with Crippen LogP contribution in [-0.4, -0.2) is 8.80 Å². The Hall–Kier alpha value is -0.293. The normalized spacial score (nSPS) is 7.75. The molecule has 2 heteroatoms. The molecule has 0 radical (unpaired) electrons. The van der Waals surface area contributed by atoms with Gasteiger partial charge in [-0.3, -0.25) is 4.70 Å². The molecule has 0 aliphatic carbocycles. The van der Waals surface area contributed by atoms with Crippen molar-refractivity contribution >= 4 is 8.80 Å². The van der Waals surface area contributed by atoms with E-state index in [9.17, 15) is 0 Å². The van der Waals surface area contributed by atoms with Crippen molar-refractivity contribution in [3.63, 3.8) is 0 Å². The summed E-state index contributed by atoms with van der Waals surface area (Å²) in [7, 11) is -0.331. The van der Waals surface area contributed by atoms with Crippen LogP contribution in [-0.2, 0) is 0 Å². The smallest absolute Gasteiger partial charge is 0.0315 e. The second kappa shape index (κ2) is 6.71. The molecule has 8 heavy (non-hydrogen) atoms. The highest BCUT2D eigenvalue weighted by molar-refractivity contribution is 6.55. The number of hydrogen-bond acceptors (Lipinski definition) is 0. The van der Waals surface area contributed by atoms with Crippen LogP contribution in [0.15, 0.2) is 0 Å². The van der Waals surface area contributed by atoms with Crippen LogP contribution < -0.4 is 0 Å². The van der Waals surface area contributed by atoms with E-state index in [1.54, 1.807) is 0 Å². The maximum atomic E-state index is 5.05. The van der Waals surface area contributed by atoms with E-state index in [-0.39, 0.29) is 13.5 Å². The van der Waals surface area contributed by atoms with Gasteiger partial charge in [-0.05, 0) is 6.04 Å². The van der Waals surface area contributed by atoms with Gasteiger partial charge in [-0.2, -0.15) is 0 Å². The minimum Gasteiger partial charge on any atom is -0.269 e. The Labute approximate surface area is 52.3 Å². The van der Waals surface area contributed by atoms with Crippen LogP contribution in [0.4, 0.5) is 4.70 Å². The van der Waals surface area contributed by atoms with Gasteiger partial charge in [0.15, 0.2) is 0 Å². The SMILES string of the molecule is C#CCC[SiH](C)C.F. The van der Waals surface area contributed by atoms with Crippen molar-refractivity contribution in [3.05, 3.63) is 0 Å². The van der Waals surface area contributed by atoms with Gasteiger partial charge in [0.1, 0.15) is 0 Å². The van der Waals surface area contributed by atoms with Crippen LogP contribution >= 0.6 is 0 Å². The van der Waals surface area contributed by atoms with Crippen LogP contribution in [0, 0.1) is 12.3 Å². The predicted molar refractivity (Wildman–Crippen MR) is 39.6 cm³/mol. The standard InChI is InChI=1S/C6H12Si.FH/c1-4-5-6-7(2)3;/h1,7H,5-6H2,2-3H3;1H. The quantitative estimate of drug-likeness (QED) is 0.396. The van der Waals surface area contributed by atoms with Gasteiger partial charge in [0.25, 0.3) is 0 Å². The van der Waals surface area contributed by atoms with Crippen molar-refractivity contribution < 1.29 is 4.70 Å². The molecule has 48 valence electrons. The zero-order chi connectivity index (χ0) is 5.70. The summed E-state index contributed by atoms with van der Waals surface area (Å²) in [6.07, 6.45) is 6.04. The Morgan fingerprint density at radius 2 is 2.00 bits per heavy atom. The van der Waals surface area contributed by atoms with E-state index in [2.05, 4.69) is 19.0 Å². The van der Waals surface area contributed by atoms with Gasteiger partial charge in [-0.25, -0.2) is 0 Å². The maximum absolute atomic E-state index is 5.05. The first kappa shape index (κ1) is 10.6. The first-order valence-electron chi connectivity index (χ1n) is 2.71. The van der Waals surface area contributed by atoms with Crippen LogP contribution in [0.5, 0.6) is 0 Å². The molecule has 0 aromatic heterocycles. The molecule has 0 bridgehead atoms. The van der Waals surface area contributed by atoms with Crippen molar-refractivity contribution in [2.45, 2.75) is 25.6 Å². The monoisotopic (exact) mass is 132 g/mol. The second-order valence-corrected chi connectivity index (χ2v) is 5.50. The lowest BCUT2D eigenvalue weighted by molar-refractivity contribution is 1.11. The molecule has 0 unspecified atom stereocenters. The third-order valence-electron chi connectivity index (χ3n) is 0.866. The van der Waals surface area contributed by atoms with E-state index in [1.807, 2.05) is 0 Å². The largest absolute Gasteiger partial charge is 0.269 e. The highest BCUT2D eigenvalue weighted by atomic mass is 28.3. The van der Waals surface area contributed by atoms with E-state index in [1.165, 1.54) is 6.04 Å². The lowest BCUT2D eigenvalue weighted by Gasteiger charge is -1.93. The summed E-state index contributed by atoms with van der Waals surface area (Å²) in [5, 5.41) is 0. The third-order valence-corrected chi connectivity index (χ3v) is 2.31. The molecule has 0 rings (SSSR count). The van der Waals surface area contributed by atoms with Gasteiger partial charge >= 0.3 is 0 Å².